The van der Waals surface area contributed by atoms with Gasteiger partial charge in [-0.2, -0.15) is 0 Å². The molecular formula is C20H26N2O2. The van der Waals surface area contributed by atoms with Crippen LogP contribution in [0.2, 0.25) is 0 Å². The highest BCUT2D eigenvalue weighted by Gasteiger charge is 2.43. The van der Waals surface area contributed by atoms with E-state index in [0.717, 1.165) is 32.4 Å². The van der Waals surface area contributed by atoms with E-state index in [-0.39, 0.29) is 11.9 Å². The lowest BCUT2D eigenvalue weighted by Crippen LogP contribution is -2.51. The molecule has 24 heavy (non-hydrogen) atoms. The largest absolute Gasteiger partial charge is 0.469 e. The van der Waals surface area contributed by atoms with Gasteiger partial charge in [0.15, 0.2) is 0 Å². The zero-order valence-corrected chi connectivity index (χ0v) is 14.8. The predicted octanol–water partition coefficient (Wildman–Crippen LogP) is 3.25. The third kappa shape index (κ3) is 2.20. The molecule has 1 fully saturated rings. The Kier molecular flexibility index (Phi) is 3.87. The summed E-state index contributed by atoms with van der Waals surface area (Å²) in [6, 6.07) is 7.09. The van der Waals surface area contributed by atoms with E-state index in [0.29, 0.717) is 12.0 Å². The van der Waals surface area contributed by atoms with Crippen molar-refractivity contribution < 1.29 is 9.53 Å². The summed E-state index contributed by atoms with van der Waals surface area (Å²) in [5, 5.41) is 1.41. The molecule has 1 aromatic heterocycles. The van der Waals surface area contributed by atoms with E-state index >= 15 is 0 Å². The van der Waals surface area contributed by atoms with Gasteiger partial charge < -0.3 is 9.72 Å². The van der Waals surface area contributed by atoms with Crippen molar-refractivity contribution >= 4 is 16.9 Å². The SMILES string of the molecule is CCc1[nH]c2cccc3c2c1C[C@@H]1C3C[C@H](C(=O)OC)CN1CC. The highest BCUT2D eigenvalue weighted by molar-refractivity contribution is 5.90. The van der Waals surface area contributed by atoms with Crippen LogP contribution < -0.4 is 0 Å². The molecule has 4 heteroatoms. The van der Waals surface area contributed by atoms with E-state index in [1.807, 2.05) is 0 Å². The number of benzene rings is 1. The number of aromatic amines is 1. The third-order valence-electron chi connectivity index (χ3n) is 6.08. The molecule has 1 saturated heterocycles. The Morgan fingerprint density at radius 3 is 2.92 bits per heavy atom. The third-order valence-corrected chi connectivity index (χ3v) is 6.08. The summed E-state index contributed by atoms with van der Waals surface area (Å²) in [6.45, 7) is 6.22. The molecule has 128 valence electrons. The first-order valence-corrected chi connectivity index (χ1v) is 9.12. The first kappa shape index (κ1) is 15.7. The van der Waals surface area contributed by atoms with Crippen molar-refractivity contribution in [2.24, 2.45) is 5.92 Å². The molecule has 0 amide bonds. The molecule has 1 aliphatic carbocycles. The number of esters is 1. The van der Waals surface area contributed by atoms with Crippen LogP contribution in [0.25, 0.3) is 10.9 Å². The standard InChI is InChI=1S/C20H26N2O2/c1-4-16-15-10-18-14(13-7-6-8-17(21-16)19(13)15)9-12(20(23)24-3)11-22(18)5-2/h6-8,12,14,18,21H,4-5,9-11H2,1-3H3/t12-,14?,18+/m0/s1. The van der Waals surface area contributed by atoms with Crippen molar-refractivity contribution in [3.05, 3.63) is 35.0 Å². The van der Waals surface area contributed by atoms with Gasteiger partial charge in [-0.05, 0) is 43.0 Å². The smallest absolute Gasteiger partial charge is 0.309 e. The van der Waals surface area contributed by atoms with E-state index in [2.05, 4.69) is 41.9 Å². The van der Waals surface area contributed by atoms with Crippen LogP contribution in [0.5, 0.6) is 0 Å². The van der Waals surface area contributed by atoms with Crippen LogP contribution in [0.4, 0.5) is 0 Å². The lowest BCUT2D eigenvalue weighted by atomic mass is 9.72. The number of carbonyl (C=O) groups is 1. The number of piperidine rings is 1. The topological polar surface area (TPSA) is 45.3 Å². The van der Waals surface area contributed by atoms with E-state index in [9.17, 15) is 4.79 Å². The number of likely N-dealkylation sites (N-methyl/N-ethyl adjacent to an activating group) is 1. The average molecular weight is 326 g/mol. The normalized spacial score (nSPS) is 26.4. The Balaban J connectivity index is 1.83. The summed E-state index contributed by atoms with van der Waals surface area (Å²) in [7, 11) is 1.50. The summed E-state index contributed by atoms with van der Waals surface area (Å²) < 4.78 is 5.05. The predicted molar refractivity (Wildman–Crippen MR) is 95.3 cm³/mol. The number of ether oxygens (including phenoxy) is 1. The minimum absolute atomic E-state index is 0.0161. The Morgan fingerprint density at radius 2 is 2.21 bits per heavy atom. The number of aryl methyl sites for hydroxylation is 1. The minimum atomic E-state index is -0.0619. The van der Waals surface area contributed by atoms with Crippen LogP contribution in [0.3, 0.4) is 0 Å². The summed E-state index contributed by atoms with van der Waals surface area (Å²) in [5.41, 5.74) is 5.55. The second-order valence-corrected chi connectivity index (χ2v) is 7.13. The number of nitrogens with zero attached hydrogens (tertiary/aromatic N) is 1. The van der Waals surface area contributed by atoms with Crippen LogP contribution in [0.15, 0.2) is 18.2 Å². The highest BCUT2D eigenvalue weighted by atomic mass is 16.5. The first-order valence-electron chi connectivity index (χ1n) is 9.12. The molecule has 1 aliphatic heterocycles. The molecule has 3 atom stereocenters. The zero-order valence-electron chi connectivity index (χ0n) is 14.8. The highest BCUT2D eigenvalue weighted by Crippen LogP contribution is 2.45. The van der Waals surface area contributed by atoms with Gasteiger partial charge in [-0.1, -0.05) is 26.0 Å². The van der Waals surface area contributed by atoms with Gasteiger partial charge in [-0.15, -0.1) is 0 Å². The summed E-state index contributed by atoms with van der Waals surface area (Å²) in [5.74, 6) is 0.338. The molecule has 0 bridgehead atoms. The molecule has 1 aromatic carbocycles. The number of nitrogens with one attached hydrogen (secondary N) is 1. The molecule has 0 spiro atoms. The van der Waals surface area contributed by atoms with E-state index in [4.69, 9.17) is 4.74 Å². The molecule has 2 heterocycles. The molecule has 2 aromatic rings. The Labute approximate surface area is 143 Å². The van der Waals surface area contributed by atoms with Crippen molar-refractivity contribution in [3.8, 4) is 0 Å². The Hall–Kier alpha value is -1.81. The fourth-order valence-corrected chi connectivity index (χ4v) is 4.96. The second kappa shape index (κ2) is 5.92. The van der Waals surface area contributed by atoms with Crippen LogP contribution in [0, 0.1) is 5.92 Å². The van der Waals surface area contributed by atoms with Crippen molar-refractivity contribution in [1.29, 1.82) is 0 Å². The summed E-state index contributed by atoms with van der Waals surface area (Å²) in [6.07, 6.45) is 3.03. The van der Waals surface area contributed by atoms with Crippen LogP contribution in [-0.2, 0) is 22.4 Å². The molecule has 0 radical (unpaired) electrons. The van der Waals surface area contributed by atoms with Gasteiger partial charge in [0.25, 0.3) is 0 Å². The van der Waals surface area contributed by atoms with Crippen LogP contribution in [0.1, 0.15) is 43.0 Å². The van der Waals surface area contributed by atoms with Gasteiger partial charge in [-0.25, -0.2) is 0 Å². The maximum Gasteiger partial charge on any atom is 0.309 e. The van der Waals surface area contributed by atoms with Crippen molar-refractivity contribution in [2.75, 3.05) is 20.2 Å². The van der Waals surface area contributed by atoms with Crippen molar-refractivity contribution in [1.82, 2.24) is 9.88 Å². The number of methoxy groups -OCH3 is 1. The van der Waals surface area contributed by atoms with Gasteiger partial charge in [0, 0.05) is 35.1 Å². The summed E-state index contributed by atoms with van der Waals surface area (Å²) in [4.78, 5) is 18.3. The monoisotopic (exact) mass is 326 g/mol. The number of hydrogen-bond donors (Lipinski definition) is 1. The van der Waals surface area contributed by atoms with Gasteiger partial charge in [-0.3, -0.25) is 9.69 Å². The van der Waals surface area contributed by atoms with Gasteiger partial charge in [0.1, 0.15) is 0 Å². The molecule has 1 N–H and O–H groups in total. The molecular weight excluding hydrogens is 300 g/mol. The zero-order chi connectivity index (χ0) is 16.8. The number of rotatable bonds is 3. The number of hydrogen-bond acceptors (Lipinski definition) is 3. The van der Waals surface area contributed by atoms with Crippen molar-refractivity contribution in [2.45, 2.75) is 45.1 Å². The van der Waals surface area contributed by atoms with Gasteiger partial charge in [0.2, 0.25) is 0 Å². The number of aromatic nitrogens is 1. The lowest BCUT2D eigenvalue weighted by molar-refractivity contribution is -0.148. The minimum Gasteiger partial charge on any atom is -0.469 e. The van der Waals surface area contributed by atoms with Gasteiger partial charge >= 0.3 is 5.97 Å². The van der Waals surface area contributed by atoms with Gasteiger partial charge in [0.05, 0.1) is 13.0 Å². The number of fused-ring (bicyclic) bond motifs is 2. The maximum absolute atomic E-state index is 12.2. The van der Waals surface area contributed by atoms with E-state index < -0.39 is 0 Å². The molecule has 4 nitrogen and oxygen atoms in total. The molecule has 1 unspecified atom stereocenters. The van der Waals surface area contributed by atoms with E-state index in [1.165, 1.54) is 34.8 Å². The molecule has 4 rings (SSSR count). The second-order valence-electron chi connectivity index (χ2n) is 7.13. The number of H-pyrrole nitrogens is 1. The number of likely N-dealkylation sites (tertiary alicyclic amines) is 1. The van der Waals surface area contributed by atoms with Crippen LogP contribution in [-0.4, -0.2) is 42.1 Å². The Morgan fingerprint density at radius 1 is 1.38 bits per heavy atom. The molecule has 0 saturated carbocycles. The Bertz CT molecular complexity index is 779. The quantitative estimate of drug-likeness (QED) is 0.881. The number of carbonyl (C=O) groups excluding carboxylic acids is 1. The lowest BCUT2D eigenvalue weighted by Gasteiger charge is -2.46. The van der Waals surface area contributed by atoms with Crippen LogP contribution >= 0.6 is 0 Å². The fraction of sp³-hybridized carbons (Fsp3) is 0.550. The maximum atomic E-state index is 12.2. The fourth-order valence-electron chi connectivity index (χ4n) is 4.96. The van der Waals surface area contributed by atoms with E-state index in [1.54, 1.807) is 0 Å². The first-order chi connectivity index (χ1) is 11.7. The van der Waals surface area contributed by atoms with Crippen molar-refractivity contribution in [3.63, 3.8) is 0 Å². The average Bonchev–Trinajstić information content (AvgIpc) is 2.99. The molecule has 2 aliphatic rings. The summed E-state index contributed by atoms with van der Waals surface area (Å²) >= 11 is 0.